The van der Waals surface area contributed by atoms with Gasteiger partial charge in [-0.1, -0.05) is 39.3 Å². The second kappa shape index (κ2) is 13.8. The van der Waals surface area contributed by atoms with E-state index in [-0.39, 0.29) is 11.5 Å². The van der Waals surface area contributed by atoms with Crippen LogP contribution in [0.3, 0.4) is 0 Å². The first-order valence-electron chi connectivity index (χ1n) is 20.0. The Morgan fingerprint density at radius 1 is 0.784 bits per heavy atom. The van der Waals surface area contributed by atoms with Gasteiger partial charge in [0, 0.05) is 18.6 Å². The standard InChI is InChI=1S/C39H63NO11/c1-18-5-8-25-19(2)29-26(40(25)15-18)14-24-22-7-6-20-13-21(9-11-38(20,3)23(22)10-12-39(24,29)4)48-37-34(47)35(31(44)28(17-42)50-37)51-36-33(46)32(45)30(43)27(16-41)49-36/h6,18-19,21-37,41-47H,5,7-17H2,1-4H3. The van der Waals surface area contributed by atoms with Gasteiger partial charge in [-0.25, -0.2) is 0 Å². The molecule has 7 N–H and O–H groups in total. The number of aliphatic hydroxyl groups excluding tert-OH is 7. The van der Waals surface area contributed by atoms with Crippen molar-refractivity contribution in [2.75, 3.05) is 19.8 Å². The van der Waals surface area contributed by atoms with Crippen molar-refractivity contribution in [3.8, 4) is 0 Å². The van der Waals surface area contributed by atoms with Crippen LogP contribution >= 0.6 is 0 Å². The summed E-state index contributed by atoms with van der Waals surface area (Å²) in [5.41, 5.74) is 1.93. The van der Waals surface area contributed by atoms with E-state index in [1.54, 1.807) is 0 Å². The normalized spacial score (nSPS) is 57.1. The summed E-state index contributed by atoms with van der Waals surface area (Å²) in [6.45, 7) is 10.2. The topological polar surface area (TPSA) is 182 Å². The van der Waals surface area contributed by atoms with E-state index in [0.29, 0.717) is 23.7 Å². The van der Waals surface area contributed by atoms with Crippen LogP contribution in [-0.2, 0) is 18.9 Å². The summed E-state index contributed by atoms with van der Waals surface area (Å²) in [5, 5.41) is 72.9. The van der Waals surface area contributed by atoms with Gasteiger partial charge in [0.2, 0.25) is 0 Å². The fourth-order valence-electron chi connectivity index (χ4n) is 13.3. The molecule has 21 atom stereocenters. The predicted octanol–water partition coefficient (Wildman–Crippen LogP) is 1.30. The van der Waals surface area contributed by atoms with Gasteiger partial charge in [-0.05, 0) is 104 Å². The van der Waals surface area contributed by atoms with Crippen molar-refractivity contribution in [1.29, 1.82) is 0 Å². The van der Waals surface area contributed by atoms with Gasteiger partial charge in [0.05, 0.1) is 19.3 Å². The Morgan fingerprint density at radius 3 is 2.22 bits per heavy atom. The molecule has 21 unspecified atom stereocenters. The number of hydrogen-bond donors (Lipinski definition) is 7. The molecule has 4 heterocycles. The lowest BCUT2D eigenvalue weighted by Gasteiger charge is -2.58. The van der Waals surface area contributed by atoms with Crippen molar-refractivity contribution in [2.24, 2.45) is 46.3 Å². The van der Waals surface area contributed by atoms with E-state index in [1.165, 1.54) is 44.2 Å². The third kappa shape index (κ3) is 5.84. The van der Waals surface area contributed by atoms with Crippen molar-refractivity contribution < 1.29 is 54.7 Å². The maximum atomic E-state index is 11.4. The summed E-state index contributed by atoms with van der Waals surface area (Å²) in [6.07, 6.45) is -2.09. The molecule has 12 nitrogen and oxygen atoms in total. The predicted molar refractivity (Wildman–Crippen MR) is 184 cm³/mol. The number of rotatable bonds is 6. The molecule has 0 bridgehead atoms. The largest absolute Gasteiger partial charge is 0.394 e. The van der Waals surface area contributed by atoms with Crippen LogP contribution in [0, 0.1) is 46.3 Å². The fraction of sp³-hybridized carbons (Fsp3) is 0.949. The van der Waals surface area contributed by atoms with E-state index in [9.17, 15) is 35.7 Å². The first-order valence-corrected chi connectivity index (χ1v) is 20.0. The van der Waals surface area contributed by atoms with Gasteiger partial charge in [0.25, 0.3) is 0 Å². The number of hydrogen-bond acceptors (Lipinski definition) is 12. The molecule has 0 spiro atoms. The Balaban J connectivity index is 0.951. The zero-order chi connectivity index (χ0) is 36.1. The zero-order valence-corrected chi connectivity index (χ0v) is 30.7. The average Bonchev–Trinajstić information content (AvgIpc) is 3.58. The molecule has 12 heteroatoms. The third-order valence-electron chi connectivity index (χ3n) is 16.0. The maximum absolute atomic E-state index is 11.4. The van der Waals surface area contributed by atoms with E-state index in [2.05, 4.69) is 38.7 Å². The summed E-state index contributed by atoms with van der Waals surface area (Å²) < 4.78 is 23.6. The van der Waals surface area contributed by atoms with Crippen LogP contribution in [0.2, 0.25) is 0 Å². The first-order chi connectivity index (χ1) is 24.3. The average molecular weight is 722 g/mol. The molecule has 290 valence electrons. The van der Waals surface area contributed by atoms with Gasteiger partial charge in [0.1, 0.15) is 48.8 Å². The smallest absolute Gasteiger partial charge is 0.187 e. The highest BCUT2D eigenvalue weighted by Crippen LogP contribution is 2.70. The molecular weight excluding hydrogens is 658 g/mol. The van der Waals surface area contributed by atoms with Crippen LogP contribution in [0.5, 0.6) is 0 Å². The molecule has 4 saturated heterocycles. The highest BCUT2D eigenvalue weighted by Gasteiger charge is 2.66. The van der Waals surface area contributed by atoms with E-state index in [4.69, 9.17) is 18.9 Å². The zero-order valence-electron chi connectivity index (χ0n) is 30.7. The molecule has 4 aliphatic carbocycles. The van der Waals surface area contributed by atoms with Gasteiger partial charge in [0.15, 0.2) is 12.6 Å². The van der Waals surface area contributed by atoms with Crippen molar-refractivity contribution >= 4 is 0 Å². The number of piperidine rings is 1. The second-order valence-electron chi connectivity index (χ2n) is 18.4. The van der Waals surface area contributed by atoms with E-state index in [1.807, 2.05) is 0 Å². The molecule has 7 fully saturated rings. The van der Waals surface area contributed by atoms with Crippen LogP contribution < -0.4 is 0 Å². The summed E-state index contributed by atoms with van der Waals surface area (Å²) >= 11 is 0. The maximum Gasteiger partial charge on any atom is 0.187 e. The van der Waals surface area contributed by atoms with Crippen molar-refractivity contribution in [2.45, 2.75) is 165 Å². The van der Waals surface area contributed by atoms with Gasteiger partial charge >= 0.3 is 0 Å². The Bertz CT molecular complexity index is 1300. The minimum atomic E-state index is -1.72. The highest BCUT2D eigenvalue weighted by atomic mass is 16.7. The molecule has 0 amide bonds. The number of aliphatic hydroxyl groups is 7. The lowest BCUT2D eigenvalue weighted by atomic mass is 9.47. The monoisotopic (exact) mass is 721 g/mol. The Morgan fingerprint density at radius 2 is 1.49 bits per heavy atom. The Labute approximate surface area is 302 Å². The molecule has 0 aromatic carbocycles. The van der Waals surface area contributed by atoms with Crippen molar-refractivity contribution in [3.63, 3.8) is 0 Å². The number of nitrogens with zero attached hydrogens (tertiary/aromatic N) is 1. The van der Waals surface area contributed by atoms with E-state index in [0.717, 1.165) is 55.0 Å². The lowest BCUT2D eigenvalue weighted by molar-refractivity contribution is -0.364. The van der Waals surface area contributed by atoms with Gasteiger partial charge < -0.3 is 54.7 Å². The van der Waals surface area contributed by atoms with Crippen LogP contribution in [-0.4, -0.2) is 140 Å². The molecule has 8 aliphatic rings. The van der Waals surface area contributed by atoms with Crippen LogP contribution in [0.4, 0.5) is 0 Å². The minimum Gasteiger partial charge on any atom is -0.394 e. The molecule has 0 radical (unpaired) electrons. The Hall–Kier alpha value is -0.740. The molecule has 4 aliphatic heterocycles. The first kappa shape index (κ1) is 37.2. The quantitative estimate of drug-likeness (QED) is 0.196. The number of ether oxygens (including phenoxy) is 4. The fourth-order valence-corrected chi connectivity index (χ4v) is 13.3. The lowest BCUT2D eigenvalue weighted by Crippen LogP contribution is -2.65. The van der Waals surface area contributed by atoms with Crippen LogP contribution in [0.25, 0.3) is 0 Å². The van der Waals surface area contributed by atoms with E-state index < -0.39 is 74.6 Å². The summed E-state index contributed by atoms with van der Waals surface area (Å²) in [6, 6.07) is 1.51. The molecular formula is C39H63NO11. The summed E-state index contributed by atoms with van der Waals surface area (Å²) in [7, 11) is 0. The van der Waals surface area contributed by atoms with Crippen molar-refractivity contribution in [3.05, 3.63) is 11.6 Å². The molecule has 8 rings (SSSR count). The SMILES string of the molecule is CC1CCC2C(C)C3C(CC4C5CC=C6CC(OC7OC(CO)C(O)C(OC8OC(CO)C(O)C(O)C8O)C7O)CCC6(C)C5CCC43C)N2C1. The summed E-state index contributed by atoms with van der Waals surface area (Å²) in [5.74, 6) is 4.47. The van der Waals surface area contributed by atoms with Gasteiger partial charge in [-0.15, -0.1) is 0 Å². The van der Waals surface area contributed by atoms with Gasteiger partial charge in [-0.3, -0.25) is 4.90 Å². The highest BCUT2D eigenvalue weighted by molar-refractivity contribution is 5.27. The molecule has 51 heavy (non-hydrogen) atoms. The van der Waals surface area contributed by atoms with Gasteiger partial charge in [-0.2, -0.15) is 0 Å². The third-order valence-corrected chi connectivity index (χ3v) is 16.0. The second-order valence-corrected chi connectivity index (χ2v) is 18.4. The molecule has 0 aromatic heterocycles. The van der Waals surface area contributed by atoms with Crippen LogP contribution in [0.1, 0.15) is 85.5 Å². The summed E-state index contributed by atoms with van der Waals surface area (Å²) in [4.78, 5) is 2.96. The Kier molecular flexibility index (Phi) is 10.0. The number of fused-ring (bicyclic) bond motifs is 9. The van der Waals surface area contributed by atoms with Crippen molar-refractivity contribution in [1.82, 2.24) is 4.90 Å². The van der Waals surface area contributed by atoms with Crippen LogP contribution in [0.15, 0.2) is 11.6 Å². The molecule has 0 aromatic rings. The number of allylic oxidation sites excluding steroid dienone is 1. The minimum absolute atomic E-state index is 0.0974. The van der Waals surface area contributed by atoms with E-state index >= 15 is 0 Å². The molecule has 3 saturated carbocycles.